The molecule has 0 aliphatic heterocycles. The zero-order chi connectivity index (χ0) is 11.9. The smallest absolute Gasteiger partial charge is 0.306 e. The molecule has 5 heteroatoms. The number of isocyanates is 1. The predicted molar refractivity (Wildman–Crippen MR) is 52.8 cm³/mol. The number of esters is 1. The zero-order valence-corrected chi connectivity index (χ0v) is 9.20. The molecule has 0 fully saturated rings. The first-order chi connectivity index (χ1) is 6.85. The summed E-state index contributed by atoms with van der Waals surface area (Å²) in [4.78, 5) is 34.5. The van der Waals surface area contributed by atoms with Crippen LogP contribution in [0.3, 0.4) is 0 Å². The molecule has 0 aromatic carbocycles. The molecule has 0 bridgehead atoms. The molecular formula is C10H15NO4. The van der Waals surface area contributed by atoms with Crippen LogP contribution in [0.4, 0.5) is 0 Å². The Labute approximate surface area is 88.5 Å². The Morgan fingerprint density at radius 1 is 1.27 bits per heavy atom. The van der Waals surface area contributed by atoms with Gasteiger partial charge in [-0.3, -0.25) is 9.59 Å². The molecule has 0 spiro atoms. The molecule has 15 heavy (non-hydrogen) atoms. The van der Waals surface area contributed by atoms with Gasteiger partial charge in [0.15, 0.2) is 0 Å². The van der Waals surface area contributed by atoms with Gasteiger partial charge in [-0.15, -0.1) is 4.99 Å². The molecule has 0 aromatic heterocycles. The van der Waals surface area contributed by atoms with Crippen LogP contribution < -0.4 is 0 Å². The highest BCUT2D eigenvalue weighted by atomic mass is 16.6. The first-order valence-corrected chi connectivity index (χ1v) is 4.67. The molecule has 0 saturated carbocycles. The van der Waals surface area contributed by atoms with Crippen molar-refractivity contribution in [2.24, 2.45) is 4.99 Å². The fourth-order valence-corrected chi connectivity index (χ4v) is 0.883. The quantitative estimate of drug-likeness (QED) is 0.401. The van der Waals surface area contributed by atoms with Crippen molar-refractivity contribution in [3.63, 3.8) is 0 Å². The standard InChI is InChI=1S/C10H15NO4/c1-10(2,3)15-9(14)6-4-5-8(13)11-7-12/h4-6H2,1-3H3. The molecule has 0 unspecified atom stereocenters. The van der Waals surface area contributed by atoms with Gasteiger partial charge in [0, 0.05) is 12.8 Å². The molecule has 0 aliphatic rings. The number of hydrogen-bond donors (Lipinski definition) is 0. The highest BCUT2D eigenvalue weighted by molar-refractivity contribution is 5.81. The minimum absolute atomic E-state index is 0.0640. The number of ether oxygens (including phenoxy) is 1. The van der Waals surface area contributed by atoms with Crippen LogP contribution in [0, 0.1) is 0 Å². The minimum Gasteiger partial charge on any atom is -0.460 e. The van der Waals surface area contributed by atoms with E-state index in [1.54, 1.807) is 20.8 Å². The SMILES string of the molecule is CC(C)(C)OC(=O)CCCC(=O)N=C=O. The largest absolute Gasteiger partial charge is 0.460 e. The van der Waals surface area contributed by atoms with Gasteiger partial charge in [-0.1, -0.05) is 0 Å². The van der Waals surface area contributed by atoms with Gasteiger partial charge in [0.2, 0.25) is 6.08 Å². The minimum atomic E-state index is -0.562. The van der Waals surface area contributed by atoms with Crippen LogP contribution in [0.5, 0.6) is 0 Å². The van der Waals surface area contributed by atoms with Gasteiger partial charge < -0.3 is 4.74 Å². The van der Waals surface area contributed by atoms with Gasteiger partial charge in [-0.25, -0.2) is 4.79 Å². The average Bonchev–Trinajstić information content (AvgIpc) is 2.00. The maximum Gasteiger partial charge on any atom is 0.306 e. The van der Waals surface area contributed by atoms with Gasteiger partial charge in [0.05, 0.1) is 0 Å². The Kier molecular flexibility index (Phi) is 5.49. The summed E-state index contributed by atoms with van der Waals surface area (Å²) in [6.45, 7) is 5.31. The molecule has 0 aliphatic carbocycles. The van der Waals surface area contributed by atoms with Crippen LogP contribution in [0.1, 0.15) is 40.0 Å². The lowest BCUT2D eigenvalue weighted by molar-refractivity contribution is -0.154. The van der Waals surface area contributed by atoms with E-state index in [0.717, 1.165) is 6.08 Å². The Morgan fingerprint density at radius 2 is 1.87 bits per heavy atom. The lowest BCUT2D eigenvalue weighted by atomic mass is 10.2. The van der Waals surface area contributed by atoms with Crippen molar-refractivity contribution in [1.29, 1.82) is 0 Å². The van der Waals surface area contributed by atoms with Gasteiger partial charge >= 0.3 is 5.97 Å². The second-order valence-electron chi connectivity index (χ2n) is 4.04. The lowest BCUT2D eigenvalue weighted by Crippen LogP contribution is -2.23. The Bertz CT molecular complexity index is 284. The summed E-state index contributed by atoms with van der Waals surface area (Å²) in [5.41, 5.74) is -0.512. The molecule has 0 heterocycles. The van der Waals surface area contributed by atoms with Crippen LogP contribution in [0.2, 0.25) is 0 Å². The molecular weight excluding hydrogens is 198 g/mol. The molecule has 0 aromatic rings. The lowest BCUT2D eigenvalue weighted by Gasteiger charge is -2.19. The maximum absolute atomic E-state index is 11.2. The van der Waals surface area contributed by atoms with E-state index in [2.05, 4.69) is 4.99 Å². The molecule has 0 N–H and O–H groups in total. The van der Waals surface area contributed by atoms with E-state index in [0.29, 0.717) is 6.42 Å². The van der Waals surface area contributed by atoms with Crippen molar-refractivity contribution in [2.75, 3.05) is 0 Å². The third-order valence-electron chi connectivity index (χ3n) is 1.36. The summed E-state index contributed by atoms with van der Waals surface area (Å²) in [6.07, 6.45) is 1.70. The predicted octanol–water partition coefficient (Wildman–Crippen LogP) is 1.36. The molecule has 84 valence electrons. The Morgan fingerprint density at radius 3 is 2.33 bits per heavy atom. The van der Waals surface area contributed by atoms with Crippen molar-refractivity contribution < 1.29 is 19.1 Å². The molecule has 5 nitrogen and oxygen atoms in total. The summed E-state index contributed by atoms with van der Waals surface area (Å²) in [5.74, 6) is -0.918. The average molecular weight is 213 g/mol. The van der Waals surface area contributed by atoms with E-state index in [-0.39, 0.29) is 18.8 Å². The fraction of sp³-hybridized carbons (Fsp3) is 0.700. The van der Waals surface area contributed by atoms with Crippen molar-refractivity contribution in [1.82, 2.24) is 0 Å². The summed E-state index contributed by atoms with van der Waals surface area (Å²) in [7, 11) is 0. The van der Waals surface area contributed by atoms with Crippen molar-refractivity contribution >= 4 is 18.0 Å². The van der Waals surface area contributed by atoms with Gasteiger partial charge in [0.25, 0.3) is 5.91 Å². The number of aliphatic imine (C=N–C) groups is 1. The van der Waals surface area contributed by atoms with Gasteiger partial charge in [0.1, 0.15) is 5.60 Å². The summed E-state index contributed by atoms with van der Waals surface area (Å²) in [5, 5.41) is 0. The van der Waals surface area contributed by atoms with Gasteiger partial charge in [-0.2, -0.15) is 0 Å². The molecule has 0 rings (SSSR count). The monoisotopic (exact) mass is 213 g/mol. The van der Waals surface area contributed by atoms with Crippen LogP contribution in [-0.2, 0) is 19.1 Å². The first kappa shape index (κ1) is 13.5. The number of carbonyl (C=O) groups excluding carboxylic acids is 3. The third-order valence-corrected chi connectivity index (χ3v) is 1.36. The number of hydrogen-bond acceptors (Lipinski definition) is 4. The molecule has 0 atom stereocenters. The van der Waals surface area contributed by atoms with E-state index in [1.165, 1.54) is 0 Å². The van der Waals surface area contributed by atoms with Crippen molar-refractivity contribution in [3.05, 3.63) is 0 Å². The number of carbonyl (C=O) groups is 2. The summed E-state index contributed by atoms with van der Waals surface area (Å²) < 4.78 is 5.02. The number of nitrogens with zero attached hydrogens (tertiary/aromatic N) is 1. The van der Waals surface area contributed by atoms with Crippen molar-refractivity contribution in [3.8, 4) is 0 Å². The van der Waals surface area contributed by atoms with Crippen LogP contribution >= 0.6 is 0 Å². The first-order valence-electron chi connectivity index (χ1n) is 4.67. The topological polar surface area (TPSA) is 72.8 Å². The van der Waals surface area contributed by atoms with Gasteiger partial charge in [-0.05, 0) is 27.2 Å². The summed E-state index contributed by atoms with van der Waals surface area (Å²) >= 11 is 0. The maximum atomic E-state index is 11.2. The zero-order valence-electron chi connectivity index (χ0n) is 9.20. The Balaban J connectivity index is 3.74. The van der Waals surface area contributed by atoms with Crippen LogP contribution in [0.25, 0.3) is 0 Å². The fourth-order valence-electron chi connectivity index (χ4n) is 0.883. The molecule has 1 amide bonds. The van der Waals surface area contributed by atoms with Crippen molar-refractivity contribution in [2.45, 2.75) is 45.6 Å². The van der Waals surface area contributed by atoms with Crippen LogP contribution in [0.15, 0.2) is 4.99 Å². The highest BCUT2D eigenvalue weighted by Crippen LogP contribution is 2.09. The highest BCUT2D eigenvalue weighted by Gasteiger charge is 2.15. The number of rotatable bonds is 4. The van der Waals surface area contributed by atoms with Crippen LogP contribution in [-0.4, -0.2) is 23.6 Å². The van der Waals surface area contributed by atoms with E-state index >= 15 is 0 Å². The van der Waals surface area contributed by atoms with E-state index in [9.17, 15) is 14.4 Å². The van der Waals surface area contributed by atoms with E-state index in [1.807, 2.05) is 0 Å². The second-order valence-corrected chi connectivity index (χ2v) is 4.04. The normalized spacial score (nSPS) is 10.3. The Hall–Kier alpha value is -1.48. The molecule has 0 saturated heterocycles. The van der Waals surface area contributed by atoms with E-state index in [4.69, 9.17) is 4.74 Å². The summed E-state index contributed by atoms with van der Waals surface area (Å²) in [6, 6.07) is 0. The van der Waals surface area contributed by atoms with E-state index < -0.39 is 11.5 Å². The molecule has 0 radical (unpaired) electrons. The third kappa shape index (κ3) is 8.84. The second kappa shape index (κ2) is 6.09. The number of amides is 1.